The van der Waals surface area contributed by atoms with Gasteiger partial charge in [0, 0.05) is 23.7 Å². The first kappa shape index (κ1) is 16.3. The molecule has 2 N–H and O–H groups in total. The van der Waals surface area contributed by atoms with Crippen LogP contribution >= 0.6 is 11.6 Å². The molecule has 0 radical (unpaired) electrons. The normalized spacial score (nSPS) is 9.90. The summed E-state index contributed by atoms with van der Waals surface area (Å²) in [6, 6.07) is 6.59. The molecule has 0 bridgehead atoms. The van der Waals surface area contributed by atoms with Gasteiger partial charge in [-0.15, -0.1) is 0 Å². The smallest absolute Gasteiger partial charge is 0.407 e. The molecule has 6 heteroatoms. The Hall–Kier alpha value is -1.75. The van der Waals surface area contributed by atoms with E-state index < -0.39 is 6.09 Å². The van der Waals surface area contributed by atoms with Crippen LogP contribution in [0.3, 0.4) is 0 Å². The fourth-order valence-corrected chi connectivity index (χ4v) is 1.53. The summed E-state index contributed by atoms with van der Waals surface area (Å²) < 4.78 is 4.91. The van der Waals surface area contributed by atoms with Gasteiger partial charge in [0.05, 0.1) is 6.61 Å². The van der Waals surface area contributed by atoms with Crippen LogP contribution in [0.2, 0.25) is 5.02 Å². The Morgan fingerprint density at radius 1 is 1.15 bits per heavy atom. The van der Waals surface area contributed by atoms with Crippen molar-refractivity contribution in [1.82, 2.24) is 10.6 Å². The number of halogens is 1. The van der Waals surface area contributed by atoms with E-state index in [0.717, 1.165) is 12.8 Å². The van der Waals surface area contributed by atoms with E-state index in [1.807, 2.05) is 6.92 Å². The SMILES string of the molecule is CCCCOC(=O)NCCNC(=O)c1ccc(Cl)cc1. The molecule has 5 nitrogen and oxygen atoms in total. The molecule has 0 fully saturated rings. The summed E-state index contributed by atoms with van der Waals surface area (Å²) in [5.41, 5.74) is 0.528. The second-order valence-corrected chi connectivity index (χ2v) is 4.62. The minimum atomic E-state index is -0.459. The molecule has 1 rings (SSSR count). The summed E-state index contributed by atoms with van der Waals surface area (Å²) in [7, 11) is 0. The summed E-state index contributed by atoms with van der Waals surface area (Å²) in [4.78, 5) is 22.9. The molecule has 110 valence electrons. The van der Waals surface area contributed by atoms with Gasteiger partial charge in [-0.1, -0.05) is 24.9 Å². The first-order valence-corrected chi connectivity index (χ1v) is 6.95. The number of unbranched alkanes of at least 4 members (excludes halogenated alkanes) is 1. The number of rotatable bonds is 7. The Balaban J connectivity index is 2.16. The number of hydrogen-bond acceptors (Lipinski definition) is 3. The van der Waals surface area contributed by atoms with Gasteiger partial charge in [0.2, 0.25) is 0 Å². The Morgan fingerprint density at radius 2 is 1.80 bits per heavy atom. The number of carbonyl (C=O) groups excluding carboxylic acids is 2. The number of benzene rings is 1. The molecule has 0 atom stereocenters. The average Bonchev–Trinajstić information content (AvgIpc) is 2.44. The minimum Gasteiger partial charge on any atom is -0.450 e. The van der Waals surface area contributed by atoms with Crippen molar-refractivity contribution in [3.63, 3.8) is 0 Å². The Labute approximate surface area is 123 Å². The molecular weight excluding hydrogens is 280 g/mol. The summed E-state index contributed by atoms with van der Waals surface area (Å²) in [5, 5.41) is 5.83. The molecule has 0 unspecified atom stereocenters. The van der Waals surface area contributed by atoms with Gasteiger partial charge in [0.25, 0.3) is 5.91 Å². The summed E-state index contributed by atoms with van der Waals surface area (Å²) in [6.07, 6.45) is 1.37. The number of ether oxygens (including phenoxy) is 1. The number of hydrogen-bond donors (Lipinski definition) is 2. The van der Waals surface area contributed by atoms with Gasteiger partial charge in [-0.3, -0.25) is 4.79 Å². The van der Waals surface area contributed by atoms with Crippen LogP contribution in [-0.4, -0.2) is 31.7 Å². The van der Waals surface area contributed by atoms with Gasteiger partial charge in [0.15, 0.2) is 0 Å². The first-order valence-electron chi connectivity index (χ1n) is 6.58. The van der Waals surface area contributed by atoms with Crippen molar-refractivity contribution in [1.29, 1.82) is 0 Å². The summed E-state index contributed by atoms with van der Waals surface area (Å²) in [6.45, 7) is 3.10. The van der Waals surface area contributed by atoms with Gasteiger partial charge >= 0.3 is 6.09 Å². The molecule has 0 aliphatic carbocycles. The fraction of sp³-hybridized carbons (Fsp3) is 0.429. The van der Waals surface area contributed by atoms with E-state index in [2.05, 4.69) is 10.6 Å². The quantitative estimate of drug-likeness (QED) is 0.760. The number of nitrogens with one attached hydrogen (secondary N) is 2. The van der Waals surface area contributed by atoms with Crippen molar-refractivity contribution in [2.45, 2.75) is 19.8 Å². The monoisotopic (exact) mass is 298 g/mol. The molecule has 0 aromatic heterocycles. The number of alkyl carbamates (subject to hydrolysis) is 1. The van der Waals surface area contributed by atoms with Crippen molar-refractivity contribution in [2.24, 2.45) is 0 Å². The highest BCUT2D eigenvalue weighted by molar-refractivity contribution is 6.30. The average molecular weight is 299 g/mol. The van der Waals surface area contributed by atoms with Crippen LogP contribution in [0.15, 0.2) is 24.3 Å². The molecule has 0 saturated carbocycles. The molecular formula is C14H19ClN2O3. The lowest BCUT2D eigenvalue weighted by Crippen LogP contribution is -2.35. The molecule has 2 amide bonds. The number of carbonyl (C=O) groups is 2. The fourth-order valence-electron chi connectivity index (χ4n) is 1.40. The van der Waals surface area contributed by atoms with E-state index in [9.17, 15) is 9.59 Å². The first-order chi connectivity index (χ1) is 9.63. The Kier molecular flexibility index (Phi) is 7.50. The molecule has 0 heterocycles. The third-order valence-corrected chi connectivity index (χ3v) is 2.77. The van der Waals surface area contributed by atoms with Gasteiger partial charge in [-0.05, 0) is 30.7 Å². The Morgan fingerprint density at radius 3 is 2.45 bits per heavy atom. The minimum absolute atomic E-state index is 0.206. The van der Waals surface area contributed by atoms with E-state index in [-0.39, 0.29) is 5.91 Å². The molecule has 0 aliphatic heterocycles. The molecule has 1 aromatic carbocycles. The van der Waals surface area contributed by atoms with Crippen LogP contribution < -0.4 is 10.6 Å². The van der Waals surface area contributed by atoms with Crippen LogP contribution in [0, 0.1) is 0 Å². The van der Waals surface area contributed by atoms with Crippen molar-refractivity contribution >= 4 is 23.6 Å². The van der Waals surface area contributed by atoms with Crippen molar-refractivity contribution in [2.75, 3.05) is 19.7 Å². The third-order valence-electron chi connectivity index (χ3n) is 2.52. The molecule has 20 heavy (non-hydrogen) atoms. The third kappa shape index (κ3) is 6.43. The molecule has 1 aromatic rings. The lowest BCUT2D eigenvalue weighted by Gasteiger charge is -2.08. The van der Waals surface area contributed by atoms with E-state index in [1.165, 1.54) is 0 Å². The predicted octanol–water partition coefficient (Wildman–Crippen LogP) is 2.60. The van der Waals surface area contributed by atoms with E-state index >= 15 is 0 Å². The highest BCUT2D eigenvalue weighted by atomic mass is 35.5. The maximum absolute atomic E-state index is 11.7. The molecule has 0 aliphatic rings. The zero-order valence-electron chi connectivity index (χ0n) is 11.4. The van der Waals surface area contributed by atoms with Crippen LogP contribution in [0.1, 0.15) is 30.1 Å². The topological polar surface area (TPSA) is 67.4 Å². The lowest BCUT2D eigenvalue weighted by molar-refractivity contribution is 0.0952. The molecule has 0 saturated heterocycles. The molecule has 0 spiro atoms. The van der Waals surface area contributed by atoms with E-state index in [0.29, 0.717) is 30.3 Å². The van der Waals surface area contributed by atoms with Crippen LogP contribution in [-0.2, 0) is 4.74 Å². The van der Waals surface area contributed by atoms with Crippen molar-refractivity contribution in [3.8, 4) is 0 Å². The number of amides is 2. The summed E-state index contributed by atoms with van der Waals surface area (Å²) in [5.74, 6) is -0.206. The van der Waals surface area contributed by atoms with Crippen LogP contribution in [0.4, 0.5) is 4.79 Å². The second kappa shape index (κ2) is 9.20. The summed E-state index contributed by atoms with van der Waals surface area (Å²) >= 11 is 5.74. The predicted molar refractivity (Wildman–Crippen MR) is 78.0 cm³/mol. The maximum Gasteiger partial charge on any atom is 0.407 e. The zero-order valence-corrected chi connectivity index (χ0v) is 12.2. The lowest BCUT2D eigenvalue weighted by atomic mass is 10.2. The van der Waals surface area contributed by atoms with Crippen LogP contribution in [0.25, 0.3) is 0 Å². The van der Waals surface area contributed by atoms with E-state index in [1.54, 1.807) is 24.3 Å². The Bertz CT molecular complexity index is 435. The van der Waals surface area contributed by atoms with Gasteiger partial charge in [-0.2, -0.15) is 0 Å². The standard InChI is InChI=1S/C14H19ClN2O3/c1-2-3-10-20-14(19)17-9-8-16-13(18)11-4-6-12(15)7-5-11/h4-7H,2-3,8-10H2,1H3,(H,16,18)(H,17,19). The largest absolute Gasteiger partial charge is 0.450 e. The highest BCUT2D eigenvalue weighted by Gasteiger charge is 2.05. The van der Waals surface area contributed by atoms with E-state index in [4.69, 9.17) is 16.3 Å². The van der Waals surface area contributed by atoms with Crippen molar-refractivity contribution < 1.29 is 14.3 Å². The highest BCUT2D eigenvalue weighted by Crippen LogP contribution is 2.09. The zero-order chi connectivity index (χ0) is 14.8. The van der Waals surface area contributed by atoms with Gasteiger partial charge in [-0.25, -0.2) is 4.79 Å². The van der Waals surface area contributed by atoms with Gasteiger partial charge < -0.3 is 15.4 Å². The second-order valence-electron chi connectivity index (χ2n) is 4.18. The van der Waals surface area contributed by atoms with Crippen LogP contribution in [0.5, 0.6) is 0 Å². The maximum atomic E-state index is 11.7. The van der Waals surface area contributed by atoms with Gasteiger partial charge in [0.1, 0.15) is 0 Å². The van der Waals surface area contributed by atoms with Crippen molar-refractivity contribution in [3.05, 3.63) is 34.9 Å².